The minimum atomic E-state index is -0.923. The first-order chi connectivity index (χ1) is 10.6. The third kappa shape index (κ3) is 3.45. The van der Waals surface area contributed by atoms with Gasteiger partial charge in [-0.2, -0.15) is 0 Å². The Balaban J connectivity index is 1.64. The van der Waals surface area contributed by atoms with E-state index in [0.717, 1.165) is 24.5 Å². The molecular formula is C14H18N2O5S. The van der Waals surface area contributed by atoms with Crippen LogP contribution < -0.4 is 0 Å². The number of carboxylic acid groups (broad SMARTS) is 1. The van der Waals surface area contributed by atoms with Gasteiger partial charge in [0.05, 0.1) is 19.1 Å². The number of carboxylic acids is 1. The number of ether oxygens (including phenoxy) is 2. The van der Waals surface area contributed by atoms with Crippen LogP contribution in [0.5, 0.6) is 0 Å². The number of hydrogen-bond acceptors (Lipinski definition) is 6. The lowest BCUT2D eigenvalue weighted by Crippen LogP contribution is -2.46. The topological polar surface area (TPSA) is 89.0 Å². The second-order valence-electron chi connectivity index (χ2n) is 5.41. The van der Waals surface area contributed by atoms with Crippen LogP contribution in [0.4, 0.5) is 0 Å². The number of hydrogen-bond donors (Lipinski definition) is 1. The third-order valence-corrected chi connectivity index (χ3v) is 4.71. The molecule has 0 aromatic carbocycles. The van der Waals surface area contributed by atoms with Gasteiger partial charge in [-0.3, -0.25) is 9.59 Å². The van der Waals surface area contributed by atoms with E-state index in [1.54, 1.807) is 10.3 Å². The summed E-state index contributed by atoms with van der Waals surface area (Å²) < 4.78 is 11.0. The predicted molar refractivity (Wildman–Crippen MR) is 77.9 cm³/mol. The highest BCUT2D eigenvalue weighted by atomic mass is 32.1. The molecule has 3 rings (SSSR count). The first-order valence-corrected chi connectivity index (χ1v) is 8.21. The number of aromatic nitrogens is 1. The lowest BCUT2D eigenvalue weighted by molar-refractivity contribution is -0.141. The number of nitrogens with zero attached hydrogens (tertiary/aromatic N) is 2. The fraction of sp³-hybridized carbons (Fsp3) is 0.643. The molecule has 22 heavy (non-hydrogen) atoms. The van der Waals surface area contributed by atoms with Gasteiger partial charge in [-0.1, -0.05) is 0 Å². The van der Waals surface area contributed by atoms with Gasteiger partial charge in [0.15, 0.2) is 0 Å². The number of rotatable bonds is 4. The van der Waals surface area contributed by atoms with Crippen LogP contribution in [-0.4, -0.2) is 59.3 Å². The number of carbonyl (C=O) groups excluding carboxylic acids is 1. The van der Waals surface area contributed by atoms with Crippen molar-refractivity contribution in [2.45, 2.75) is 31.5 Å². The summed E-state index contributed by atoms with van der Waals surface area (Å²) in [5, 5.41) is 11.4. The fourth-order valence-corrected chi connectivity index (χ4v) is 3.56. The number of aliphatic carboxylic acids is 1. The number of amides is 1. The highest BCUT2D eigenvalue weighted by molar-refractivity contribution is 7.09. The van der Waals surface area contributed by atoms with Crippen molar-refractivity contribution in [3.8, 4) is 0 Å². The zero-order valence-electron chi connectivity index (χ0n) is 12.1. The van der Waals surface area contributed by atoms with Crippen LogP contribution in [0.15, 0.2) is 5.38 Å². The van der Waals surface area contributed by atoms with Crippen molar-refractivity contribution >= 4 is 23.2 Å². The van der Waals surface area contributed by atoms with Crippen LogP contribution >= 0.6 is 11.3 Å². The Labute approximate surface area is 131 Å². The SMILES string of the molecule is O=C(O)CC1CN(C(=O)c2csc(C3CCCO3)n2)CCO1. The molecule has 2 fully saturated rings. The summed E-state index contributed by atoms with van der Waals surface area (Å²) in [6, 6.07) is 0. The normalized spacial score (nSPS) is 25.4. The zero-order chi connectivity index (χ0) is 15.5. The average molecular weight is 326 g/mol. The molecule has 0 bridgehead atoms. The van der Waals surface area contributed by atoms with Crippen LogP contribution in [0, 0.1) is 0 Å². The highest BCUT2D eigenvalue weighted by Crippen LogP contribution is 2.30. The van der Waals surface area contributed by atoms with Crippen LogP contribution in [0.1, 0.15) is 40.9 Å². The molecule has 1 amide bonds. The van der Waals surface area contributed by atoms with Crippen LogP contribution in [-0.2, 0) is 14.3 Å². The summed E-state index contributed by atoms with van der Waals surface area (Å²) in [6.45, 7) is 1.85. The van der Waals surface area contributed by atoms with Gasteiger partial charge in [-0.15, -0.1) is 11.3 Å². The van der Waals surface area contributed by atoms with Gasteiger partial charge in [0, 0.05) is 25.1 Å². The summed E-state index contributed by atoms with van der Waals surface area (Å²) >= 11 is 1.44. The van der Waals surface area contributed by atoms with Crippen molar-refractivity contribution in [2.24, 2.45) is 0 Å². The second-order valence-corrected chi connectivity index (χ2v) is 6.30. The second kappa shape index (κ2) is 6.72. The van der Waals surface area contributed by atoms with Crippen molar-refractivity contribution < 1.29 is 24.2 Å². The van der Waals surface area contributed by atoms with E-state index in [9.17, 15) is 9.59 Å². The van der Waals surface area contributed by atoms with Crippen molar-refractivity contribution in [1.82, 2.24) is 9.88 Å². The maximum atomic E-state index is 12.5. The molecule has 0 radical (unpaired) electrons. The molecule has 2 aliphatic heterocycles. The van der Waals surface area contributed by atoms with Gasteiger partial charge in [0.2, 0.25) is 0 Å². The molecule has 2 unspecified atom stereocenters. The molecule has 7 nitrogen and oxygen atoms in total. The molecule has 0 spiro atoms. The molecule has 2 saturated heterocycles. The molecule has 2 atom stereocenters. The third-order valence-electron chi connectivity index (χ3n) is 3.77. The van der Waals surface area contributed by atoms with E-state index < -0.39 is 12.1 Å². The van der Waals surface area contributed by atoms with Crippen LogP contribution in [0.3, 0.4) is 0 Å². The zero-order valence-corrected chi connectivity index (χ0v) is 12.9. The molecule has 1 aromatic heterocycles. The maximum absolute atomic E-state index is 12.5. The molecule has 8 heteroatoms. The van der Waals surface area contributed by atoms with Gasteiger partial charge >= 0.3 is 5.97 Å². The Bertz CT molecular complexity index is 555. The summed E-state index contributed by atoms with van der Waals surface area (Å²) in [5.41, 5.74) is 0.409. The summed E-state index contributed by atoms with van der Waals surface area (Å²) in [6.07, 6.45) is 1.43. The molecule has 0 saturated carbocycles. The Kier molecular flexibility index (Phi) is 4.70. The van der Waals surface area contributed by atoms with E-state index in [4.69, 9.17) is 14.6 Å². The smallest absolute Gasteiger partial charge is 0.306 e. The number of carbonyl (C=O) groups is 2. The quantitative estimate of drug-likeness (QED) is 0.897. The lowest BCUT2D eigenvalue weighted by atomic mass is 10.2. The Hall–Kier alpha value is -1.51. The number of morpholine rings is 1. The number of thiazole rings is 1. The van der Waals surface area contributed by atoms with Gasteiger partial charge in [-0.25, -0.2) is 4.98 Å². The first-order valence-electron chi connectivity index (χ1n) is 7.33. The molecule has 1 aromatic rings. The minimum Gasteiger partial charge on any atom is -0.481 e. The summed E-state index contributed by atoms with van der Waals surface area (Å²) in [4.78, 5) is 29.3. The van der Waals surface area contributed by atoms with Gasteiger partial charge in [-0.05, 0) is 12.8 Å². The lowest BCUT2D eigenvalue weighted by Gasteiger charge is -2.31. The summed E-state index contributed by atoms with van der Waals surface area (Å²) in [7, 11) is 0. The highest BCUT2D eigenvalue weighted by Gasteiger charge is 2.29. The first kappa shape index (κ1) is 15.4. The molecule has 0 aliphatic carbocycles. The maximum Gasteiger partial charge on any atom is 0.306 e. The van der Waals surface area contributed by atoms with Gasteiger partial charge in [0.25, 0.3) is 5.91 Å². The van der Waals surface area contributed by atoms with Crippen molar-refractivity contribution in [1.29, 1.82) is 0 Å². The van der Waals surface area contributed by atoms with Crippen LogP contribution in [0.2, 0.25) is 0 Å². The van der Waals surface area contributed by atoms with Gasteiger partial charge < -0.3 is 19.5 Å². The van der Waals surface area contributed by atoms with E-state index in [0.29, 0.717) is 18.8 Å². The van der Waals surface area contributed by atoms with E-state index in [-0.39, 0.29) is 25.0 Å². The molecule has 120 valence electrons. The Morgan fingerprint density at radius 2 is 2.27 bits per heavy atom. The standard InChI is InChI=1S/C14H18N2O5S/c17-12(18)6-9-7-16(3-5-20-9)14(19)10-8-22-13(15-10)11-2-1-4-21-11/h8-9,11H,1-7H2,(H,17,18). The fourth-order valence-electron chi connectivity index (χ4n) is 2.69. The predicted octanol–water partition coefficient (Wildman–Crippen LogP) is 1.31. The molecular weight excluding hydrogens is 308 g/mol. The Morgan fingerprint density at radius 3 is 3.00 bits per heavy atom. The van der Waals surface area contributed by atoms with E-state index >= 15 is 0 Å². The van der Waals surface area contributed by atoms with Gasteiger partial charge in [0.1, 0.15) is 16.8 Å². The van der Waals surface area contributed by atoms with E-state index in [1.807, 2.05) is 0 Å². The molecule has 1 N–H and O–H groups in total. The minimum absolute atomic E-state index is 0.0102. The molecule has 3 heterocycles. The van der Waals surface area contributed by atoms with Crippen molar-refractivity contribution in [2.75, 3.05) is 26.3 Å². The van der Waals surface area contributed by atoms with Crippen molar-refractivity contribution in [3.63, 3.8) is 0 Å². The Morgan fingerprint density at radius 1 is 1.41 bits per heavy atom. The van der Waals surface area contributed by atoms with Crippen molar-refractivity contribution in [3.05, 3.63) is 16.1 Å². The van der Waals surface area contributed by atoms with E-state index in [2.05, 4.69) is 4.98 Å². The largest absolute Gasteiger partial charge is 0.481 e. The van der Waals surface area contributed by atoms with Crippen LogP contribution in [0.25, 0.3) is 0 Å². The monoisotopic (exact) mass is 326 g/mol. The van der Waals surface area contributed by atoms with E-state index in [1.165, 1.54) is 11.3 Å². The summed E-state index contributed by atoms with van der Waals surface area (Å²) in [5.74, 6) is -1.09. The molecule has 2 aliphatic rings. The average Bonchev–Trinajstić information content (AvgIpc) is 3.17.